The van der Waals surface area contributed by atoms with Gasteiger partial charge in [-0.05, 0) is 107 Å². The van der Waals surface area contributed by atoms with Gasteiger partial charge in [0, 0.05) is 43.6 Å². The molecule has 0 spiro atoms. The molecule has 3 aliphatic heterocycles. The molecule has 1 aromatic carbocycles. The normalized spacial score (nSPS) is 20.5. The molecular formula is C37H54FN3O5. The maximum atomic E-state index is 14.8. The smallest absolute Gasteiger partial charge is 0.328 e. The van der Waals surface area contributed by atoms with Crippen LogP contribution in [0.2, 0.25) is 0 Å². The predicted octanol–water partition coefficient (Wildman–Crippen LogP) is 7.04. The highest BCUT2D eigenvalue weighted by molar-refractivity contribution is 5.78. The number of ether oxygens (including phenoxy) is 4. The van der Waals surface area contributed by atoms with Gasteiger partial charge in [0.25, 0.3) is 0 Å². The number of rotatable bonds is 13. The molecule has 0 radical (unpaired) electrons. The summed E-state index contributed by atoms with van der Waals surface area (Å²) in [5, 5.41) is 3.44. The lowest BCUT2D eigenvalue weighted by atomic mass is 9.88. The summed E-state index contributed by atoms with van der Waals surface area (Å²) in [6.45, 7) is 12.2. The molecule has 2 fully saturated rings. The van der Waals surface area contributed by atoms with Gasteiger partial charge in [0.15, 0.2) is 0 Å². The van der Waals surface area contributed by atoms with Crippen molar-refractivity contribution in [1.29, 1.82) is 0 Å². The van der Waals surface area contributed by atoms with Gasteiger partial charge in [-0.25, -0.2) is 14.2 Å². The largest absolute Gasteiger partial charge is 0.496 e. The van der Waals surface area contributed by atoms with Gasteiger partial charge >= 0.3 is 5.97 Å². The zero-order valence-electron chi connectivity index (χ0n) is 28.5. The van der Waals surface area contributed by atoms with E-state index in [-0.39, 0.29) is 17.9 Å². The number of hydrogen-bond donors (Lipinski definition) is 1. The zero-order valence-corrected chi connectivity index (χ0v) is 28.5. The van der Waals surface area contributed by atoms with Crippen LogP contribution in [-0.4, -0.2) is 67.5 Å². The number of likely N-dealkylation sites (tertiary alicyclic amines) is 1. The molecule has 3 atom stereocenters. The molecule has 4 heterocycles. The second-order valence-electron chi connectivity index (χ2n) is 14.3. The number of esters is 1. The fraction of sp³-hybridized carbons (Fsp3) is 0.676. The number of methoxy groups -OCH3 is 1. The number of aromatic nitrogens is 1. The number of carbonyl (C=O) groups excluding carboxylic acids is 1. The van der Waals surface area contributed by atoms with Crippen LogP contribution in [0.15, 0.2) is 24.3 Å². The third-order valence-electron chi connectivity index (χ3n) is 9.70. The third-order valence-corrected chi connectivity index (χ3v) is 9.70. The number of unbranched alkanes of at least 4 members (excludes halogenated alkanes) is 1. The van der Waals surface area contributed by atoms with Crippen molar-refractivity contribution in [3.05, 3.63) is 52.5 Å². The summed E-state index contributed by atoms with van der Waals surface area (Å²) in [6, 6.07) is 6.16. The minimum absolute atomic E-state index is 0.102. The second kappa shape index (κ2) is 15.9. The lowest BCUT2D eigenvalue weighted by Gasteiger charge is -2.32. The summed E-state index contributed by atoms with van der Waals surface area (Å²) in [7, 11) is 1.74. The van der Waals surface area contributed by atoms with Crippen molar-refractivity contribution in [3.63, 3.8) is 0 Å². The number of benzene rings is 1. The molecule has 0 amide bonds. The van der Waals surface area contributed by atoms with Crippen molar-refractivity contribution in [2.75, 3.05) is 45.3 Å². The molecule has 0 saturated carbocycles. The van der Waals surface area contributed by atoms with E-state index in [4.69, 9.17) is 23.9 Å². The Morgan fingerprint density at radius 2 is 1.98 bits per heavy atom. The van der Waals surface area contributed by atoms with Gasteiger partial charge in [-0.3, -0.25) is 4.90 Å². The van der Waals surface area contributed by atoms with Gasteiger partial charge < -0.3 is 24.3 Å². The van der Waals surface area contributed by atoms with E-state index in [1.54, 1.807) is 13.2 Å². The lowest BCUT2D eigenvalue weighted by Crippen LogP contribution is -2.38. The van der Waals surface area contributed by atoms with Crippen molar-refractivity contribution in [3.8, 4) is 5.75 Å². The number of nitrogens with zero attached hydrogens (tertiary/aromatic N) is 2. The monoisotopic (exact) mass is 639 g/mol. The molecule has 46 heavy (non-hydrogen) atoms. The molecule has 8 nitrogen and oxygen atoms in total. The van der Waals surface area contributed by atoms with Crippen LogP contribution in [0.4, 0.5) is 10.2 Å². The third kappa shape index (κ3) is 9.20. The van der Waals surface area contributed by atoms with Crippen LogP contribution in [0, 0.1) is 17.7 Å². The van der Waals surface area contributed by atoms with Crippen molar-refractivity contribution in [2.24, 2.45) is 11.8 Å². The Hall–Kier alpha value is -2.75. The summed E-state index contributed by atoms with van der Waals surface area (Å²) in [6.07, 6.45) is 9.11. The Morgan fingerprint density at radius 3 is 2.74 bits per heavy atom. The van der Waals surface area contributed by atoms with Crippen molar-refractivity contribution >= 4 is 11.8 Å². The van der Waals surface area contributed by atoms with Crippen LogP contribution in [0.3, 0.4) is 0 Å². The van der Waals surface area contributed by atoms with E-state index in [1.165, 1.54) is 17.7 Å². The quantitative estimate of drug-likeness (QED) is 0.185. The van der Waals surface area contributed by atoms with Gasteiger partial charge in [-0.1, -0.05) is 25.8 Å². The number of pyridine rings is 1. The maximum absolute atomic E-state index is 14.8. The summed E-state index contributed by atoms with van der Waals surface area (Å²) in [4.78, 5) is 20.9. The molecule has 1 N–H and O–H groups in total. The molecule has 2 aromatic rings. The highest BCUT2D eigenvalue weighted by Gasteiger charge is 2.39. The van der Waals surface area contributed by atoms with Crippen LogP contribution in [0.25, 0.3) is 0 Å². The highest BCUT2D eigenvalue weighted by Crippen LogP contribution is 2.37. The van der Waals surface area contributed by atoms with Crippen LogP contribution in [0.5, 0.6) is 5.75 Å². The van der Waals surface area contributed by atoms with E-state index < -0.39 is 11.6 Å². The van der Waals surface area contributed by atoms with Crippen LogP contribution in [0.1, 0.15) is 101 Å². The van der Waals surface area contributed by atoms with E-state index in [0.717, 1.165) is 100 Å². The number of nitrogens with one attached hydrogen (secondary N) is 1. The van der Waals surface area contributed by atoms with E-state index in [0.29, 0.717) is 37.2 Å². The second-order valence-corrected chi connectivity index (χ2v) is 14.3. The van der Waals surface area contributed by atoms with Crippen molar-refractivity contribution in [1.82, 2.24) is 9.88 Å². The van der Waals surface area contributed by atoms with Crippen molar-refractivity contribution < 1.29 is 28.1 Å². The maximum Gasteiger partial charge on any atom is 0.328 e. The van der Waals surface area contributed by atoms with E-state index in [2.05, 4.69) is 23.2 Å². The van der Waals surface area contributed by atoms with E-state index in [9.17, 15) is 9.18 Å². The molecule has 9 heteroatoms. The van der Waals surface area contributed by atoms with Gasteiger partial charge in [-0.15, -0.1) is 0 Å². The van der Waals surface area contributed by atoms with Gasteiger partial charge in [-0.2, -0.15) is 0 Å². The average molecular weight is 640 g/mol. The molecule has 254 valence electrons. The summed E-state index contributed by atoms with van der Waals surface area (Å²) < 4.78 is 38.1. The number of carbonyl (C=O) groups is 1. The summed E-state index contributed by atoms with van der Waals surface area (Å²) in [5.74, 6) is 2.19. The number of hydrogen-bond acceptors (Lipinski definition) is 8. The first-order valence-corrected chi connectivity index (χ1v) is 17.4. The molecular weight excluding hydrogens is 585 g/mol. The highest BCUT2D eigenvalue weighted by atomic mass is 19.1. The van der Waals surface area contributed by atoms with Gasteiger partial charge in [0.05, 0.1) is 19.8 Å². The molecule has 0 bridgehead atoms. The van der Waals surface area contributed by atoms with E-state index >= 15 is 0 Å². The Kier molecular flexibility index (Phi) is 12.0. The molecule has 5 rings (SSSR count). The van der Waals surface area contributed by atoms with Gasteiger partial charge in [0.2, 0.25) is 0 Å². The SMILES string of the molecule is COc1cc(CCCCC(C)[C@@H]2CCN(C(C(=O)OC(C)(C)C)c3cc(F)ccc3COC3CCOCC3)C2)nc2c1CCCN2. The topological polar surface area (TPSA) is 82.2 Å². The average Bonchev–Trinajstić information content (AvgIpc) is 3.52. The Balaban J connectivity index is 1.21. The molecule has 2 unspecified atom stereocenters. The van der Waals surface area contributed by atoms with Crippen LogP contribution >= 0.6 is 0 Å². The number of anilines is 1. The summed E-state index contributed by atoms with van der Waals surface area (Å²) in [5.41, 5.74) is 3.11. The first-order valence-electron chi connectivity index (χ1n) is 17.4. The first kappa shape index (κ1) is 34.6. The fourth-order valence-corrected chi connectivity index (χ4v) is 7.12. The minimum Gasteiger partial charge on any atom is -0.496 e. The standard InChI is InChI=1S/C37H54FN3O5/c1-25(9-6-7-10-29-22-33(43-5)31-11-8-17-39-35(31)40-29)26-14-18-41(23-26)34(36(42)46-37(2,3)4)32-21-28(38)13-12-27(32)24-45-30-15-19-44-20-16-30/h12-13,21-22,25-26,30,34H,6-11,14-20,23-24H2,1-5H3,(H,39,40)/t25?,26-,34?/m1/s1. The molecule has 0 aliphatic carbocycles. The molecule has 1 aromatic heterocycles. The lowest BCUT2D eigenvalue weighted by molar-refractivity contribution is -0.161. The number of aryl methyl sites for hydroxylation is 1. The van der Waals surface area contributed by atoms with Crippen molar-refractivity contribution in [2.45, 2.75) is 110 Å². The van der Waals surface area contributed by atoms with Crippen LogP contribution in [-0.2, 0) is 38.5 Å². The summed E-state index contributed by atoms with van der Waals surface area (Å²) >= 11 is 0. The minimum atomic E-state index is -0.681. The molecule has 2 saturated heterocycles. The zero-order chi connectivity index (χ0) is 32.7. The van der Waals surface area contributed by atoms with Crippen LogP contribution < -0.4 is 10.1 Å². The fourth-order valence-electron chi connectivity index (χ4n) is 7.12. The molecule has 3 aliphatic rings. The Labute approximate surface area is 274 Å². The first-order chi connectivity index (χ1) is 22.1. The predicted molar refractivity (Wildman–Crippen MR) is 178 cm³/mol. The van der Waals surface area contributed by atoms with E-state index in [1.807, 2.05) is 20.8 Å². The Bertz CT molecular complexity index is 1290. The Morgan fingerprint density at radius 1 is 1.17 bits per heavy atom. The number of fused-ring (bicyclic) bond motifs is 1. The van der Waals surface area contributed by atoms with Gasteiger partial charge in [0.1, 0.15) is 29.0 Å². The number of halogens is 1.